The molecule has 1 fully saturated rings. The summed E-state index contributed by atoms with van der Waals surface area (Å²) in [5.74, 6) is 0.0481. The van der Waals surface area contributed by atoms with E-state index in [1.54, 1.807) is 59.5 Å². The number of nitrogens with one attached hydrogen (secondary N) is 3. The maximum Gasteiger partial charge on any atom is 0.340 e. The second kappa shape index (κ2) is 20.3. The third-order valence-corrected chi connectivity index (χ3v) is 14.4. The maximum absolute atomic E-state index is 13.8. The molecule has 3 heterocycles. The van der Waals surface area contributed by atoms with Gasteiger partial charge in [-0.3, -0.25) is 19.2 Å². The Morgan fingerprint density at radius 3 is 2.11 bits per heavy atom. The van der Waals surface area contributed by atoms with Gasteiger partial charge in [0.25, 0.3) is 11.8 Å². The summed E-state index contributed by atoms with van der Waals surface area (Å²) in [6, 6.07) is 25.2. The minimum atomic E-state index is -1.34. The zero-order chi connectivity index (χ0) is 49.1. The lowest BCUT2D eigenvalue weighted by atomic mass is 9.77. The van der Waals surface area contributed by atoms with Crippen molar-refractivity contribution in [1.29, 1.82) is 0 Å². The van der Waals surface area contributed by atoms with Gasteiger partial charge in [-0.25, -0.2) is 4.79 Å². The molecule has 2 aliphatic heterocycles. The van der Waals surface area contributed by atoms with Crippen LogP contribution in [0.1, 0.15) is 149 Å². The number of rotatable bonds is 17. The van der Waals surface area contributed by atoms with Crippen LogP contribution in [-0.2, 0) is 26.5 Å². The van der Waals surface area contributed by atoms with E-state index in [1.165, 1.54) is 0 Å². The van der Waals surface area contributed by atoms with Gasteiger partial charge in [-0.15, -0.1) is 0 Å². The second-order valence-corrected chi connectivity index (χ2v) is 19.2. The number of carbonyl (C=O) groups is 5. The van der Waals surface area contributed by atoms with E-state index in [0.717, 1.165) is 61.0 Å². The number of anilines is 3. The fourth-order valence-corrected chi connectivity index (χ4v) is 10.6. The molecule has 9 rings (SSSR count). The number of amides is 4. The monoisotopic (exact) mass is 945 g/mol. The Morgan fingerprint density at radius 2 is 1.44 bits per heavy atom. The first-order chi connectivity index (χ1) is 33.8. The molecule has 1 spiro atoms. The van der Waals surface area contributed by atoms with Crippen LogP contribution in [0.25, 0.3) is 6.08 Å². The first-order valence-electron chi connectivity index (χ1n) is 24.9. The Morgan fingerprint density at radius 1 is 0.771 bits per heavy atom. The highest BCUT2D eigenvalue weighted by Gasteiger charge is 2.54. The molecule has 1 saturated carbocycles. The van der Waals surface area contributed by atoms with Crippen LogP contribution in [-0.4, -0.2) is 59.8 Å². The molecule has 0 bridgehead atoms. The lowest BCUT2D eigenvalue weighted by Crippen LogP contribution is -2.42. The zero-order valence-corrected chi connectivity index (χ0v) is 40.3. The van der Waals surface area contributed by atoms with E-state index >= 15 is 0 Å². The number of nitrogens with two attached hydrogens (primary N) is 2. The van der Waals surface area contributed by atoms with Crippen molar-refractivity contribution in [2.24, 2.45) is 5.92 Å². The molecule has 0 radical (unpaired) electrons. The molecule has 7 N–H and O–H groups in total. The molecule has 364 valence electrons. The molecule has 1 aromatic heterocycles. The third kappa shape index (κ3) is 9.51. The Bertz CT molecular complexity index is 2820. The van der Waals surface area contributed by atoms with E-state index in [-0.39, 0.29) is 48.1 Å². The number of fused-ring (bicyclic) bond motifs is 7. The van der Waals surface area contributed by atoms with Crippen LogP contribution in [0, 0.1) is 12.8 Å². The van der Waals surface area contributed by atoms with E-state index in [9.17, 15) is 24.0 Å². The molecule has 4 aromatic carbocycles. The number of esters is 1. The van der Waals surface area contributed by atoms with Gasteiger partial charge in [-0.1, -0.05) is 50.8 Å². The molecule has 4 amide bonds. The van der Waals surface area contributed by atoms with Crippen molar-refractivity contribution in [1.82, 2.24) is 20.5 Å². The predicted octanol–water partition coefficient (Wildman–Crippen LogP) is 8.89. The van der Waals surface area contributed by atoms with Crippen LogP contribution in [0.4, 0.5) is 17.1 Å². The lowest BCUT2D eigenvalue weighted by molar-refractivity contribution is -0.126. The van der Waals surface area contributed by atoms with Gasteiger partial charge >= 0.3 is 5.97 Å². The van der Waals surface area contributed by atoms with E-state index in [2.05, 4.69) is 29.0 Å². The number of ether oxygens (including phenoxy) is 2. The number of unbranched alkanes of at least 4 members (excludes halogenated alkanes) is 5. The predicted molar refractivity (Wildman–Crippen MR) is 271 cm³/mol. The summed E-state index contributed by atoms with van der Waals surface area (Å²) in [7, 11) is 0. The summed E-state index contributed by atoms with van der Waals surface area (Å²) in [6.45, 7) is 7.78. The highest BCUT2D eigenvalue weighted by atomic mass is 16.6. The van der Waals surface area contributed by atoms with Crippen LogP contribution in [0.5, 0.6) is 11.5 Å². The number of hydrogen-bond donors (Lipinski definition) is 5. The van der Waals surface area contributed by atoms with E-state index < -0.39 is 11.6 Å². The van der Waals surface area contributed by atoms with Gasteiger partial charge in [-0.2, -0.15) is 0 Å². The fraction of sp³-hybridized carbons (Fsp3) is 0.375. The van der Waals surface area contributed by atoms with Crippen molar-refractivity contribution in [3.63, 3.8) is 0 Å². The molecule has 14 nitrogen and oxygen atoms in total. The molecule has 70 heavy (non-hydrogen) atoms. The Labute approximate surface area is 409 Å². The normalized spacial score (nSPS) is 17.9. The summed E-state index contributed by atoms with van der Waals surface area (Å²) in [4.78, 5) is 69.3. The largest absolute Gasteiger partial charge is 0.456 e. The molecule has 2 aliphatic carbocycles. The van der Waals surface area contributed by atoms with Gasteiger partial charge in [0.05, 0.1) is 5.56 Å². The lowest BCUT2D eigenvalue weighted by Gasteiger charge is -2.36. The number of hydrogen-bond acceptors (Lipinski definition) is 9. The number of likely N-dealkylation sites (N-methyl/N-ethyl adjacent to an activating group) is 1. The third-order valence-electron chi connectivity index (χ3n) is 14.4. The average Bonchev–Trinajstić information content (AvgIpc) is 3.99. The first kappa shape index (κ1) is 47.7. The molecule has 1 atom stereocenters. The molecular weight excluding hydrogens is 883 g/mol. The minimum absolute atomic E-state index is 0.0450. The van der Waals surface area contributed by atoms with Crippen molar-refractivity contribution < 1.29 is 33.4 Å². The standard InChI is InChI=1S/C56H63N7O7/c1-4-62(41-13-11-12-34(2)28-41)51(64)33-63-47-25-14-35(3)43(47)32-48(63)54(67)61-40-20-15-36(16-21-40)52(65)59-26-9-7-5-6-8-10-27-60-53(66)37-17-22-42-46(29-37)56(70-55(42)68)44-23-18-38(57)30-49(44)69-50-31-39(58)19-24-45(50)56/h11-14,17-19,22-25,28-32,35-36,40H,4-10,15-16,20-21,26-27,33,57-58H2,1-3H3,(H,59,65)(H,60,66)(H,61,67). The summed E-state index contributed by atoms with van der Waals surface area (Å²) >= 11 is 0. The van der Waals surface area contributed by atoms with Crippen LogP contribution >= 0.6 is 0 Å². The molecule has 14 heteroatoms. The van der Waals surface area contributed by atoms with Crippen LogP contribution in [0.2, 0.25) is 0 Å². The molecule has 4 aliphatic rings. The summed E-state index contributed by atoms with van der Waals surface area (Å²) in [6.07, 6.45) is 12.7. The van der Waals surface area contributed by atoms with Crippen molar-refractivity contribution in [3.05, 3.63) is 141 Å². The topological polar surface area (TPSA) is 200 Å². The van der Waals surface area contributed by atoms with Crippen molar-refractivity contribution >= 4 is 52.7 Å². The summed E-state index contributed by atoms with van der Waals surface area (Å²) < 4.78 is 14.3. The highest BCUT2D eigenvalue weighted by Crippen LogP contribution is 2.56. The Hall–Kier alpha value is -7.35. The van der Waals surface area contributed by atoms with Crippen LogP contribution in [0.15, 0.2) is 91.0 Å². The van der Waals surface area contributed by atoms with Crippen molar-refractivity contribution in [3.8, 4) is 11.5 Å². The first-order valence-corrected chi connectivity index (χ1v) is 24.9. The van der Waals surface area contributed by atoms with Gasteiger partial charge < -0.3 is 46.4 Å². The number of nitrogens with zero attached hydrogens (tertiary/aromatic N) is 2. The van der Waals surface area contributed by atoms with Gasteiger partial charge in [-0.05, 0) is 130 Å². The van der Waals surface area contributed by atoms with Gasteiger partial charge in [0.2, 0.25) is 11.8 Å². The molecule has 0 saturated heterocycles. The van der Waals surface area contributed by atoms with Crippen molar-refractivity contribution in [2.45, 2.75) is 109 Å². The Kier molecular flexibility index (Phi) is 13.8. The summed E-state index contributed by atoms with van der Waals surface area (Å²) in [5, 5.41) is 9.42. The minimum Gasteiger partial charge on any atom is -0.456 e. The average molecular weight is 946 g/mol. The number of allylic oxidation sites excluding steroid dienone is 1. The van der Waals surface area contributed by atoms with E-state index in [1.807, 2.05) is 54.8 Å². The SMILES string of the molecule is CCN(C(=O)Cn1c(C(=O)NC2CCC(C(=O)NCCCCCCCCNC(=O)c3ccc4c(c3)C3(OC4=O)c4ccc(N)cc4Oc4cc(N)ccc43)CC2)cc2c1C=CC2C)c1cccc(C)c1. The van der Waals surface area contributed by atoms with Crippen LogP contribution < -0.4 is 37.1 Å². The van der Waals surface area contributed by atoms with Gasteiger partial charge in [0.15, 0.2) is 5.60 Å². The summed E-state index contributed by atoms with van der Waals surface area (Å²) in [5.41, 5.74) is 18.8. The maximum atomic E-state index is 13.8. The number of nitrogen functional groups attached to an aromatic ring is 2. The number of aromatic nitrogens is 1. The number of benzene rings is 4. The van der Waals surface area contributed by atoms with Gasteiger partial charge in [0.1, 0.15) is 23.7 Å². The quantitative estimate of drug-likeness (QED) is 0.0343. The van der Waals surface area contributed by atoms with E-state index in [4.69, 9.17) is 20.9 Å². The molecular formula is C56H63N7O7. The van der Waals surface area contributed by atoms with E-state index in [0.29, 0.717) is 102 Å². The highest BCUT2D eigenvalue weighted by molar-refractivity contribution is 6.01. The molecule has 5 aromatic rings. The fourth-order valence-electron chi connectivity index (χ4n) is 10.6. The van der Waals surface area contributed by atoms with Crippen molar-refractivity contribution in [2.75, 3.05) is 36.0 Å². The number of carbonyl (C=O) groups excluding carboxylic acids is 5. The smallest absolute Gasteiger partial charge is 0.340 e. The number of aryl methyl sites for hydroxylation is 1. The molecule has 1 unspecified atom stereocenters. The Balaban J connectivity index is 0.681. The second-order valence-electron chi connectivity index (χ2n) is 19.2. The van der Waals surface area contributed by atoms with Gasteiger partial charge in [0, 0.05) is 94.7 Å². The zero-order valence-electron chi connectivity index (χ0n) is 40.3. The van der Waals surface area contributed by atoms with Crippen LogP contribution in [0.3, 0.4) is 0 Å².